The van der Waals surface area contributed by atoms with Crippen molar-refractivity contribution in [3.8, 4) is 0 Å². The summed E-state index contributed by atoms with van der Waals surface area (Å²) >= 11 is 0. The smallest absolute Gasteiger partial charge is 0.337 e. The largest absolute Gasteiger partial charge is 0.418 e. The van der Waals surface area contributed by atoms with Crippen LogP contribution in [0.3, 0.4) is 0 Å². The van der Waals surface area contributed by atoms with Gasteiger partial charge in [-0.15, -0.1) is 0 Å². The zero-order valence-corrected chi connectivity index (χ0v) is 10.5. The van der Waals surface area contributed by atoms with Gasteiger partial charge in [-0.3, -0.25) is 4.79 Å². The number of ether oxygens (including phenoxy) is 2. The predicted molar refractivity (Wildman–Crippen MR) is 60.9 cm³/mol. The Labute approximate surface area is 101 Å². The van der Waals surface area contributed by atoms with Gasteiger partial charge in [-0.25, -0.2) is 4.79 Å². The summed E-state index contributed by atoms with van der Waals surface area (Å²) in [6.45, 7) is 5.56. The molecule has 1 saturated carbocycles. The van der Waals surface area contributed by atoms with Gasteiger partial charge in [0.15, 0.2) is 0 Å². The van der Waals surface area contributed by atoms with Gasteiger partial charge in [0.2, 0.25) is 0 Å². The Kier molecular flexibility index (Phi) is 2.98. The first kappa shape index (κ1) is 12.1. The number of hydrogen-bond donors (Lipinski definition) is 0. The van der Waals surface area contributed by atoms with Crippen LogP contribution in [-0.2, 0) is 19.1 Å². The van der Waals surface area contributed by atoms with Crippen molar-refractivity contribution >= 4 is 11.9 Å². The van der Waals surface area contributed by atoms with Gasteiger partial charge in [-0.1, -0.05) is 13.8 Å². The molecular weight excluding hydrogens is 220 g/mol. The van der Waals surface area contributed by atoms with E-state index in [1.807, 2.05) is 0 Å². The Balaban J connectivity index is 2.33. The highest BCUT2D eigenvalue weighted by molar-refractivity contribution is 5.92. The lowest BCUT2D eigenvalue weighted by atomic mass is 9.81. The van der Waals surface area contributed by atoms with Crippen molar-refractivity contribution in [1.29, 1.82) is 0 Å². The van der Waals surface area contributed by atoms with E-state index in [1.165, 1.54) is 0 Å². The summed E-state index contributed by atoms with van der Waals surface area (Å²) in [5.74, 6) is -1.37. The van der Waals surface area contributed by atoms with Gasteiger partial charge in [-0.2, -0.15) is 0 Å². The third-order valence-corrected chi connectivity index (χ3v) is 3.55. The maximum Gasteiger partial charge on any atom is 0.337 e. The van der Waals surface area contributed by atoms with Gasteiger partial charge in [0.1, 0.15) is 0 Å². The van der Waals surface area contributed by atoms with Crippen molar-refractivity contribution in [1.82, 2.24) is 0 Å². The molecule has 1 aliphatic heterocycles. The van der Waals surface area contributed by atoms with Gasteiger partial charge in [0.25, 0.3) is 5.79 Å². The molecule has 2 atom stereocenters. The highest BCUT2D eigenvalue weighted by Crippen LogP contribution is 2.46. The number of hydrogen-bond acceptors (Lipinski definition) is 4. The number of carbonyl (C=O) groups excluding carboxylic acids is 2. The molecule has 4 nitrogen and oxygen atoms in total. The first-order valence-corrected chi connectivity index (χ1v) is 6.14. The van der Waals surface area contributed by atoms with Crippen LogP contribution in [0, 0.1) is 5.92 Å². The van der Waals surface area contributed by atoms with Crippen LogP contribution in [0.15, 0.2) is 11.1 Å². The Hall–Kier alpha value is -1.32. The summed E-state index contributed by atoms with van der Waals surface area (Å²) in [5.41, 5.74) is 1.48. The zero-order chi connectivity index (χ0) is 12.6. The molecule has 94 valence electrons. The summed E-state index contributed by atoms with van der Waals surface area (Å²) in [7, 11) is 0. The lowest BCUT2D eigenvalue weighted by Crippen LogP contribution is -2.42. The lowest BCUT2D eigenvalue weighted by Gasteiger charge is -2.36. The van der Waals surface area contributed by atoms with E-state index >= 15 is 0 Å². The molecule has 0 spiro atoms. The van der Waals surface area contributed by atoms with Crippen molar-refractivity contribution in [3.05, 3.63) is 11.1 Å². The van der Waals surface area contributed by atoms with Gasteiger partial charge < -0.3 is 9.47 Å². The second-order valence-electron chi connectivity index (χ2n) is 4.92. The van der Waals surface area contributed by atoms with Crippen molar-refractivity contribution < 1.29 is 19.1 Å². The van der Waals surface area contributed by atoms with Crippen LogP contribution < -0.4 is 0 Å². The molecule has 0 bridgehead atoms. The van der Waals surface area contributed by atoms with Gasteiger partial charge >= 0.3 is 11.9 Å². The molecule has 1 heterocycles. The molecule has 0 aromatic carbocycles. The maximum atomic E-state index is 11.7. The zero-order valence-electron chi connectivity index (χ0n) is 10.5. The van der Waals surface area contributed by atoms with E-state index in [1.54, 1.807) is 13.8 Å². The van der Waals surface area contributed by atoms with E-state index in [-0.39, 0.29) is 11.9 Å². The third kappa shape index (κ3) is 1.96. The maximum absolute atomic E-state index is 11.7. The minimum Gasteiger partial charge on any atom is -0.418 e. The van der Waals surface area contributed by atoms with Crippen LogP contribution in [0.1, 0.15) is 46.5 Å². The van der Waals surface area contributed by atoms with Crippen LogP contribution in [0.4, 0.5) is 0 Å². The van der Waals surface area contributed by atoms with Crippen LogP contribution in [0.25, 0.3) is 0 Å². The fourth-order valence-corrected chi connectivity index (χ4v) is 2.57. The second-order valence-corrected chi connectivity index (χ2v) is 4.92. The minimum atomic E-state index is -1.09. The molecule has 2 aliphatic rings. The number of fused-ring (bicyclic) bond motifs is 1. The summed E-state index contributed by atoms with van der Waals surface area (Å²) in [4.78, 5) is 23.2. The molecule has 0 unspecified atom stereocenters. The van der Waals surface area contributed by atoms with E-state index < -0.39 is 5.79 Å². The standard InChI is InChI=1S/C13H18O4/c1-4-11(14)16-13-7-8(2)5-6-10(13)9(3)12(15)17-13/h8H,4-7H2,1-3H3/t8-,13-/m1/s1. The monoisotopic (exact) mass is 238 g/mol. The molecule has 0 N–H and O–H groups in total. The molecule has 1 fully saturated rings. The minimum absolute atomic E-state index is 0.292. The molecule has 0 amide bonds. The molecule has 4 heteroatoms. The van der Waals surface area contributed by atoms with Crippen LogP contribution in [-0.4, -0.2) is 17.7 Å². The van der Waals surface area contributed by atoms with Crippen LogP contribution in [0.2, 0.25) is 0 Å². The average Bonchev–Trinajstić information content (AvgIpc) is 2.50. The first-order chi connectivity index (χ1) is 7.98. The van der Waals surface area contributed by atoms with E-state index in [0.29, 0.717) is 24.3 Å². The number of rotatable bonds is 2. The van der Waals surface area contributed by atoms with Gasteiger partial charge in [-0.05, 0) is 25.7 Å². The normalized spacial score (nSPS) is 32.2. The fourth-order valence-electron chi connectivity index (χ4n) is 2.57. The topological polar surface area (TPSA) is 52.6 Å². The van der Waals surface area contributed by atoms with Gasteiger partial charge in [0.05, 0.1) is 0 Å². The Morgan fingerprint density at radius 2 is 2.29 bits per heavy atom. The molecule has 0 radical (unpaired) electrons. The molecule has 1 aliphatic carbocycles. The molecular formula is C13H18O4. The SMILES string of the molecule is CCC(=O)O[C@@]12C[C@H](C)CCC1=C(C)C(=O)O2. The fraction of sp³-hybridized carbons (Fsp3) is 0.692. The van der Waals surface area contributed by atoms with Crippen molar-refractivity contribution in [2.45, 2.75) is 52.2 Å². The lowest BCUT2D eigenvalue weighted by molar-refractivity contribution is -0.214. The quantitative estimate of drug-likeness (QED) is 0.693. The van der Waals surface area contributed by atoms with Crippen molar-refractivity contribution in [3.63, 3.8) is 0 Å². The number of esters is 2. The van der Waals surface area contributed by atoms with E-state index in [2.05, 4.69) is 6.92 Å². The Morgan fingerprint density at radius 3 is 2.94 bits per heavy atom. The van der Waals surface area contributed by atoms with Gasteiger partial charge in [0, 0.05) is 24.0 Å². The van der Waals surface area contributed by atoms with Crippen LogP contribution >= 0.6 is 0 Å². The Morgan fingerprint density at radius 1 is 1.59 bits per heavy atom. The van der Waals surface area contributed by atoms with E-state index in [9.17, 15) is 9.59 Å². The molecule has 17 heavy (non-hydrogen) atoms. The molecule has 0 saturated heterocycles. The summed E-state index contributed by atoms with van der Waals surface area (Å²) < 4.78 is 10.8. The van der Waals surface area contributed by atoms with Crippen LogP contribution in [0.5, 0.6) is 0 Å². The average molecular weight is 238 g/mol. The predicted octanol–water partition coefficient (Wildman–Crippen LogP) is 2.33. The third-order valence-electron chi connectivity index (χ3n) is 3.55. The van der Waals surface area contributed by atoms with Crippen molar-refractivity contribution in [2.24, 2.45) is 5.92 Å². The summed E-state index contributed by atoms with van der Waals surface area (Å²) in [6, 6.07) is 0. The van der Waals surface area contributed by atoms with E-state index in [0.717, 1.165) is 18.4 Å². The Bertz CT molecular complexity index is 396. The highest BCUT2D eigenvalue weighted by atomic mass is 16.7. The second kappa shape index (κ2) is 4.17. The summed E-state index contributed by atoms with van der Waals surface area (Å²) in [5, 5.41) is 0. The van der Waals surface area contributed by atoms with E-state index in [4.69, 9.17) is 9.47 Å². The first-order valence-electron chi connectivity index (χ1n) is 6.14. The molecule has 0 aromatic rings. The number of carbonyl (C=O) groups is 2. The molecule has 2 rings (SSSR count). The van der Waals surface area contributed by atoms with Crippen molar-refractivity contribution in [2.75, 3.05) is 0 Å². The summed E-state index contributed by atoms with van der Waals surface area (Å²) in [6.07, 6.45) is 2.65. The molecule has 0 aromatic heterocycles. The highest BCUT2D eigenvalue weighted by Gasteiger charge is 2.52.